The molecule has 2 aromatic carbocycles. The van der Waals surface area contributed by atoms with Crippen LogP contribution in [0, 0.1) is 11.8 Å². The minimum absolute atomic E-state index is 0.0173. The Hall–Kier alpha value is -3.13. The Kier molecular flexibility index (Phi) is 4.80. The highest BCUT2D eigenvalue weighted by molar-refractivity contribution is 5.73. The summed E-state index contributed by atoms with van der Waals surface area (Å²) < 4.78 is 10.6. The van der Waals surface area contributed by atoms with Gasteiger partial charge in [-0.1, -0.05) is 24.0 Å². The van der Waals surface area contributed by atoms with Gasteiger partial charge in [-0.15, -0.1) is 0 Å². The topological polar surface area (TPSA) is 73.6 Å². The summed E-state index contributed by atoms with van der Waals surface area (Å²) in [7, 11) is 0. The number of amides is 1. The van der Waals surface area contributed by atoms with Crippen molar-refractivity contribution in [1.82, 2.24) is 5.32 Å². The Labute approximate surface area is 147 Å². The first-order chi connectivity index (χ1) is 12.0. The van der Waals surface area contributed by atoms with Crippen molar-refractivity contribution in [3.63, 3.8) is 0 Å². The third-order valence-electron chi connectivity index (χ3n) is 3.83. The molecule has 0 saturated heterocycles. The zero-order valence-corrected chi connectivity index (χ0v) is 14.3. The lowest BCUT2D eigenvalue weighted by Crippen LogP contribution is -2.31. The van der Waals surface area contributed by atoms with Gasteiger partial charge < -0.3 is 20.5 Å². The molecule has 1 amide bonds. The predicted molar refractivity (Wildman–Crippen MR) is 96.4 cm³/mol. The number of carbonyl (C=O) groups excluding carboxylic acids is 1. The predicted octanol–water partition coefficient (Wildman–Crippen LogP) is 2.46. The third kappa shape index (κ3) is 4.24. The van der Waals surface area contributed by atoms with Crippen molar-refractivity contribution in [2.45, 2.75) is 26.3 Å². The van der Waals surface area contributed by atoms with Crippen LogP contribution in [0.3, 0.4) is 0 Å². The van der Waals surface area contributed by atoms with Crippen LogP contribution < -0.4 is 20.5 Å². The van der Waals surface area contributed by atoms with Gasteiger partial charge >= 0.3 is 0 Å². The van der Waals surface area contributed by atoms with Crippen LogP contribution in [0.1, 0.15) is 30.5 Å². The molecule has 1 aliphatic rings. The molecular weight excluding hydrogens is 316 g/mol. The molecule has 25 heavy (non-hydrogen) atoms. The van der Waals surface area contributed by atoms with Gasteiger partial charge in [0.25, 0.3) is 0 Å². The summed E-state index contributed by atoms with van der Waals surface area (Å²) >= 11 is 0. The van der Waals surface area contributed by atoms with E-state index in [4.69, 9.17) is 15.2 Å². The summed E-state index contributed by atoms with van der Waals surface area (Å²) in [4.78, 5) is 11.1. The standard InChI is InChI=1S/C20H20N2O3/c1-13(22-14(2)23)9-16-5-3-15(4-6-16)7-8-17-10-19-20(11-18(17)21)25-12-24-19/h3-6,10-11,13H,9,12,21H2,1-2H3,(H,22,23). The summed E-state index contributed by atoms with van der Waals surface area (Å²) in [5.41, 5.74) is 9.33. The average Bonchev–Trinajstić information content (AvgIpc) is 3.00. The molecule has 3 N–H and O–H groups in total. The van der Waals surface area contributed by atoms with Gasteiger partial charge in [-0.3, -0.25) is 4.79 Å². The van der Waals surface area contributed by atoms with E-state index in [1.807, 2.05) is 31.2 Å². The van der Waals surface area contributed by atoms with Gasteiger partial charge in [0.05, 0.1) is 11.3 Å². The second-order valence-corrected chi connectivity index (χ2v) is 6.05. The van der Waals surface area contributed by atoms with Crippen LogP contribution in [0.15, 0.2) is 36.4 Å². The Morgan fingerprint density at radius 1 is 1.20 bits per heavy atom. The van der Waals surface area contributed by atoms with Crippen LogP contribution in [-0.4, -0.2) is 18.7 Å². The molecule has 0 bridgehead atoms. The van der Waals surface area contributed by atoms with Crippen molar-refractivity contribution in [3.8, 4) is 23.3 Å². The zero-order chi connectivity index (χ0) is 17.8. The molecule has 1 unspecified atom stereocenters. The Balaban J connectivity index is 1.70. The zero-order valence-electron chi connectivity index (χ0n) is 14.3. The van der Waals surface area contributed by atoms with Crippen molar-refractivity contribution < 1.29 is 14.3 Å². The van der Waals surface area contributed by atoms with Crippen LogP contribution in [-0.2, 0) is 11.2 Å². The number of benzene rings is 2. The quantitative estimate of drug-likeness (QED) is 0.667. The van der Waals surface area contributed by atoms with Crippen molar-refractivity contribution in [2.24, 2.45) is 0 Å². The van der Waals surface area contributed by atoms with Crippen LogP contribution in [0.5, 0.6) is 11.5 Å². The van der Waals surface area contributed by atoms with Crippen molar-refractivity contribution in [1.29, 1.82) is 0 Å². The molecule has 1 heterocycles. The van der Waals surface area contributed by atoms with Crippen LogP contribution in [0.25, 0.3) is 0 Å². The first-order valence-corrected chi connectivity index (χ1v) is 8.08. The Morgan fingerprint density at radius 3 is 2.56 bits per heavy atom. The van der Waals surface area contributed by atoms with Crippen molar-refractivity contribution in [2.75, 3.05) is 12.5 Å². The number of nitrogen functional groups attached to an aromatic ring is 1. The maximum Gasteiger partial charge on any atom is 0.231 e. The fraction of sp³-hybridized carbons (Fsp3) is 0.250. The monoisotopic (exact) mass is 336 g/mol. The minimum Gasteiger partial charge on any atom is -0.454 e. The fourth-order valence-electron chi connectivity index (χ4n) is 2.68. The lowest BCUT2D eigenvalue weighted by Gasteiger charge is -2.12. The fourth-order valence-corrected chi connectivity index (χ4v) is 2.68. The Bertz CT molecular complexity index is 848. The van der Waals surface area contributed by atoms with Crippen molar-refractivity contribution >= 4 is 11.6 Å². The van der Waals surface area contributed by atoms with Crippen LogP contribution in [0.4, 0.5) is 5.69 Å². The minimum atomic E-state index is -0.0173. The number of hydrogen-bond donors (Lipinski definition) is 2. The van der Waals surface area contributed by atoms with E-state index in [0.29, 0.717) is 22.7 Å². The second-order valence-electron chi connectivity index (χ2n) is 6.05. The van der Waals surface area contributed by atoms with E-state index in [1.54, 1.807) is 12.1 Å². The van der Waals surface area contributed by atoms with E-state index in [9.17, 15) is 4.79 Å². The molecule has 128 valence electrons. The number of anilines is 1. The maximum absolute atomic E-state index is 11.1. The summed E-state index contributed by atoms with van der Waals surface area (Å²) in [6.45, 7) is 3.72. The second kappa shape index (κ2) is 7.18. The van der Waals surface area contributed by atoms with Gasteiger partial charge in [-0.25, -0.2) is 0 Å². The normalized spacial score (nSPS) is 12.9. The number of nitrogens with two attached hydrogens (primary N) is 1. The molecule has 1 atom stereocenters. The van der Waals surface area contributed by atoms with Gasteiger partial charge in [0.2, 0.25) is 12.7 Å². The molecule has 0 saturated carbocycles. The molecule has 3 rings (SSSR count). The van der Waals surface area contributed by atoms with Crippen LogP contribution >= 0.6 is 0 Å². The highest BCUT2D eigenvalue weighted by Gasteiger charge is 2.15. The molecule has 0 spiro atoms. The molecule has 0 aromatic heterocycles. The van der Waals surface area contributed by atoms with E-state index < -0.39 is 0 Å². The highest BCUT2D eigenvalue weighted by atomic mass is 16.7. The number of nitrogens with one attached hydrogen (secondary N) is 1. The first kappa shape index (κ1) is 16.7. The van der Waals surface area contributed by atoms with E-state index >= 15 is 0 Å². The summed E-state index contributed by atoms with van der Waals surface area (Å²) in [5.74, 6) is 7.49. The molecule has 5 nitrogen and oxygen atoms in total. The number of rotatable bonds is 3. The lowest BCUT2D eigenvalue weighted by molar-refractivity contribution is -0.119. The molecule has 0 radical (unpaired) electrons. The molecule has 5 heteroatoms. The van der Waals surface area contributed by atoms with Gasteiger partial charge in [-0.2, -0.15) is 0 Å². The lowest BCUT2D eigenvalue weighted by atomic mass is 10.0. The van der Waals surface area contributed by atoms with Crippen LogP contribution in [0.2, 0.25) is 0 Å². The maximum atomic E-state index is 11.1. The van der Waals surface area contributed by atoms with Gasteiger partial charge in [0.1, 0.15) is 0 Å². The van der Waals surface area contributed by atoms with Gasteiger partial charge in [-0.05, 0) is 31.0 Å². The summed E-state index contributed by atoms with van der Waals surface area (Å²) in [6, 6.07) is 11.6. The van der Waals surface area contributed by atoms with Gasteiger partial charge in [0.15, 0.2) is 11.5 Å². The number of ether oxygens (including phenoxy) is 2. The number of hydrogen-bond acceptors (Lipinski definition) is 4. The smallest absolute Gasteiger partial charge is 0.231 e. The highest BCUT2D eigenvalue weighted by Crippen LogP contribution is 2.35. The summed E-state index contributed by atoms with van der Waals surface area (Å²) in [6.07, 6.45) is 0.780. The molecule has 0 aliphatic carbocycles. The largest absolute Gasteiger partial charge is 0.454 e. The Morgan fingerprint density at radius 2 is 1.88 bits per heavy atom. The number of carbonyl (C=O) groups is 1. The molecule has 2 aromatic rings. The van der Waals surface area contributed by atoms with E-state index in [0.717, 1.165) is 17.5 Å². The average molecular weight is 336 g/mol. The SMILES string of the molecule is CC(=O)NC(C)Cc1ccc(C#Cc2cc3c(cc2N)OCO3)cc1. The van der Waals surface area contributed by atoms with E-state index in [1.165, 1.54) is 6.92 Å². The molecule has 0 fully saturated rings. The first-order valence-electron chi connectivity index (χ1n) is 8.08. The molecular formula is C20H20N2O3. The molecule has 1 aliphatic heterocycles. The summed E-state index contributed by atoms with van der Waals surface area (Å²) in [5, 5.41) is 2.88. The third-order valence-corrected chi connectivity index (χ3v) is 3.83. The van der Waals surface area contributed by atoms with Crippen molar-refractivity contribution in [3.05, 3.63) is 53.1 Å². The van der Waals surface area contributed by atoms with Gasteiger partial charge in [0, 0.05) is 30.7 Å². The van der Waals surface area contributed by atoms with E-state index in [-0.39, 0.29) is 18.7 Å². The number of fused-ring (bicyclic) bond motifs is 1. The van der Waals surface area contributed by atoms with E-state index in [2.05, 4.69) is 17.2 Å².